The highest BCUT2D eigenvalue weighted by Crippen LogP contribution is 2.37. The quantitative estimate of drug-likeness (QED) is 0.788. The van der Waals surface area contributed by atoms with E-state index >= 15 is 0 Å². The first-order valence-electron chi connectivity index (χ1n) is 8.27. The molecule has 0 amide bonds. The van der Waals surface area contributed by atoms with E-state index in [4.69, 9.17) is 0 Å². The smallest absolute Gasteiger partial charge is 0.00788 e. The summed E-state index contributed by atoms with van der Waals surface area (Å²) in [5, 5.41) is 3.79. The van der Waals surface area contributed by atoms with E-state index in [9.17, 15) is 0 Å². The fourth-order valence-electron chi connectivity index (χ4n) is 3.44. The molecule has 0 atom stereocenters. The summed E-state index contributed by atoms with van der Waals surface area (Å²) in [6, 6.07) is 9.83. The summed E-state index contributed by atoms with van der Waals surface area (Å²) < 4.78 is 0. The van der Waals surface area contributed by atoms with Crippen LogP contribution in [0.2, 0.25) is 0 Å². The summed E-state index contributed by atoms with van der Waals surface area (Å²) in [5.41, 5.74) is 2.89. The van der Waals surface area contributed by atoms with Gasteiger partial charge in [0.25, 0.3) is 0 Å². The van der Waals surface area contributed by atoms with Crippen molar-refractivity contribution in [3.05, 3.63) is 35.4 Å². The van der Waals surface area contributed by atoms with Crippen LogP contribution < -0.4 is 5.32 Å². The van der Waals surface area contributed by atoms with Gasteiger partial charge in [-0.05, 0) is 55.5 Å². The van der Waals surface area contributed by atoms with E-state index in [1.165, 1.54) is 30.5 Å². The van der Waals surface area contributed by atoms with Crippen molar-refractivity contribution < 1.29 is 0 Å². The number of hydrogen-bond acceptors (Lipinski definition) is 1. The molecule has 1 saturated carbocycles. The highest BCUT2D eigenvalue weighted by molar-refractivity contribution is 5.26. The molecule has 1 N–H and O–H groups in total. The van der Waals surface area contributed by atoms with Crippen molar-refractivity contribution in [1.82, 2.24) is 5.32 Å². The molecule has 0 aliphatic heterocycles. The van der Waals surface area contributed by atoms with Gasteiger partial charge in [0.2, 0.25) is 0 Å². The number of aryl methyl sites for hydroxylation is 1. The molecule has 112 valence electrons. The van der Waals surface area contributed by atoms with Crippen molar-refractivity contribution >= 4 is 0 Å². The van der Waals surface area contributed by atoms with Crippen LogP contribution in [-0.4, -0.2) is 12.6 Å². The zero-order valence-corrected chi connectivity index (χ0v) is 13.8. The van der Waals surface area contributed by atoms with Gasteiger partial charge >= 0.3 is 0 Å². The lowest BCUT2D eigenvalue weighted by atomic mass is 9.75. The van der Waals surface area contributed by atoms with E-state index in [1.54, 1.807) is 0 Å². The minimum Gasteiger partial charge on any atom is -0.314 e. The van der Waals surface area contributed by atoms with Crippen molar-refractivity contribution in [2.45, 2.75) is 59.4 Å². The predicted octanol–water partition coefficient (Wildman–Crippen LogP) is 4.76. The molecule has 0 radical (unpaired) electrons. The zero-order valence-electron chi connectivity index (χ0n) is 13.8. The number of rotatable bonds is 6. The van der Waals surface area contributed by atoms with E-state index in [-0.39, 0.29) is 0 Å². The van der Waals surface area contributed by atoms with E-state index < -0.39 is 0 Å². The Kier molecular flexibility index (Phi) is 5.26. The molecular weight excluding hydrogens is 242 g/mol. The molecule has 1 aromatic rings. The average molecular weight is 273 g/mol. The van der Waals surface area contributed by atoms with E-state index in [0.29, 0.717) is 0 Å². The molecule has 0 spiro atoms. The van der Waals surface area contributed by atoms with Gasteiger partial charge in [-0.3, -0.25) is 0 Å². The molecule has 1 nitrogen and oxygen atoms in total. The Morgan fingerprint density at radius 3 is 2.05 bits per heavy atom. The summed E-state index contributed by atoms with van der Waals surface area (Å²) in [6.45, 7) is 12.7. The molecule has 2 rings (SSSR count). The lowest BCUT2D eigenvalue weighted by molar-refractivity contribution is 0.225. The van der Waals surface area contributed by atoms with Gasteiger partial charge in [0.15, 0.2) is 0 Å². The van der Waals surface area contributed by atoms with Crippen LogP contribution in [0, 0.1) is 24.7 Å². The minimum absolute atomic E-state index is 0.737. The first kappa shape index (κ1) is 15.6. The van der Waals surface area contributed by atoms with Gasteiger partial charge in [0.05, 0.1) is 0 Å². The molecule has 1 fully saturated rings. The molecular formula is C19H31N. The average Bonchev–Trinajstić information content (AvgIpc) is 2.32. The van der Waals surface area contributed by atoms with Crippen molar-refractivity contribution in [2.75, 3.05) is 6.54 Å². The van der Waals surface area contributed by atoms with Gasteiger partial charge in [-0.2, -0.15) is 0 Å². The Hall–Kier alpha value is -0.820. The van der Waals surface area contributed by atoms with Crippen LogP contribution in [0.25, 0.3) is 0 Å². The van der Waals surface area contributed by atoms with Crippen molar-refractivity contribution in [2.24, 2.45) is 17.8 Å². The van der Waals surface area contributed by atoms with Gasteiger partial charge in [-0.1, -0.05) is 57.5 Å². The first-order valence-corrected chi connectivity index (χ1v) is 8.27. The maximum absolute atomic E-state index is 3.79. The van der Waals surface area contributed by atoms with Gasteiger partial charge in [-0.25, -0.2) is 0 Å². The van der Waals surface area contributed by atoms with Crippen molar-refractivity contribution in [3.63, 3.8) is 0 Å². The molecule has 0 bridgehead atoms. The third kappa shape index (κ3) is 3.85. The Morgan fingerprint density at radius 1 is 1.00 bits per heavy atom. The second-order valence-corrected chi connectivity index (χ2v) is 7.34. The topological polar surface area (TPSA) is 12.0 Å². The molecule has 0 heterocycles. The Morgan fingerprint density at radius 2 is 1.55 bits per heavy atom. The minimum atomic E-state index is 0.737. The summed E-state index contributed by atoms with van der Waals surface area (Å²) in [4.78, 5) is 0. The first-order chi connectivity index (χ1) is 9.47. The molecule has 1 heteroatoms. The van der Waals surface area contributed by atoms with Crippen molar-refractivity contribution in [1.29, 1.82) is 0 Å². The standard InChI is InChI=1S/C19H31N/c1-13(2)19(14(3)4)12-20-18-10-17(11-18)16-8-6-15(5)7-9-16/h6-9,13-14,17-20H,10-12H2,1-5H3. The van der Waals surface area contributed by atoms with Crippen LogP contribution >= 0.6 is 0 Å². The maximum atomic E-state index is 3.79. The summed E-state index contributed by atoms with van der Waals surface area (Å²) in [7, 11) is 0. The number of nitrogens with one attached hydrogen (secondary N) is 1. The lowest BCUT2D eigenvalue weighted by Crippen LogP contribution is -2.43. The molecule has 0 saturated heterocycles. The van der Waals surface area contributed by atoms with Crippen LogP contribution in [0.1, 0.15) is 57.6 Å². The molecule has 1 aliphatic rings. The third-order valence-electron chi connectivity index (χ3n) is 5.04. The normalized spacial score (nSPS) is 22.6. The van der Waals surface area contributed by atoms with E-state index in [2.05, 4.69) is 64.2 Å². The van der Waals surface area contributed by atoms with Crippen LogP contribution in [0.4, 0.5) is 0 Å². The Bertz CT molecular complexity index is 390. The van der Waals surface area contributed by atoms with E-state index in [0.717, 1.165) is 29.7 Å². The monoisotopic (exact) mass is 273 g/mol. The van der Waals surface area contributed by atoms with Gasteiger partial charge in [-0.15, -0.1) is 0 Å². The number of hydrogen-bond donors (Lipinski definition) is 1. The third-order valence-corrected chi connectivity index (χ3v) is 5.04. The number of benzene rings is 1. The Balaban J connectivity index is 1.75. The molecule has 20 heavy (non-hydrogen) atoms. The largest absolute Gasteiger partial charge is 0.314 e. The van der Waals surface area contributed by atoms with Gasteiger partial charge in [0, 0.05) is 6.04 Å². The summed E-state index contributed by atoms with van der Waals surface area (Å²) in [6.07, 6.45) is 2.62. The van der Waals surface area contributed by atoms with Crippen molar-refractivity contribution in [3.8, 4) is 0 Å². The molecule has 1 aromatic carbocycles. The zero-order chi connectivity index (χ0) is 14.7. The van der Waals surface area contributed by atoms with Crippen LogP contribution in [0.3, 0.4) is 0 Å². The van der Waals surface area contributed by atoms with Crippen LogP contribution in [0.5, 0.6) is 0 Å². The SMILES string of the molecule is Cc1ccc(C2CC(NCC(C(C)C)C(C)C)C2)cc1. The second kappa shape index (κ2) is 6.76. The highest BCUT2D eigenvalue weighted by atomic mass is 14.9. The molecule has 0 unspecified atom stereocenters. The summed E-state index contributed by atoms with van der Waals surface area (Å²) >= 11 is 0. The maximum Gasteiger partial charge on any atom is 0.00788 e. The highest BCUT2D eigenvalue weighted by Gasteiger charge is 2.30. The van der Waals surface area contributed by atoms with Gasteiger partial charge < -0.3 is 5.32 Å². The second-order valence-electron chi connectivity index (χ2n) is 7.34. The summed E-state index contributed by atoms with van der Waals surface area (Å²) in [5.74, 6) is 3.13. The van der Waals surface area contributed by atoms with E-state index in [1.807, 2.05) is 0 Å². The molecule has 1 aliphatic carbocycles. The van der Waals surface area contributed by atoms with Crippen LogP contribution in [-0.2, 0) is 0 Å². The Labute approximate surface area is 125 Å². The van der Waals surface area contributed by atoms with Gasteiger partial charge in [0.1, 0.15) is 0 Å². The van der Waals surface area contributed by atoms with Crippen LogP contribution in [0.15, 0.2) is 24.3 Å². The fraction of sp³-hybridized carbons (Fsp3) is 0.684. The predicted molar refractivity (Wildman–Crippen MR) is 88.1 cm³/mol. The lowest BCUT2D eigenvalue weighted by Gasteiger charge is -2.38. The fourth-order valence-corrected chi connectivity index (χ4v) is 3.44. The molecule has 0 aromatic heterocycles.